The predicted molar refractivity (Wildman–Crippen MR) is 80.6 cm³/mol. The Morgan fingerprint density at radius 1 is 1.26 bits per heavy atom. The molecule has 0 amide bonds. The molecule has 0 bridgehead atoms. The molecule has 0 radical (unpaired) electrons. The van der Waals surface area contributed by atoms with Gasteiger partial charge in [0.05, 0.1) is 6.10 Å². The number of benzene rings is 1. The largest absolute Gasteiger partial charge is 0.378 e. The fourth-order valence-corrected chi connectivity index (χ4v) is 2.85. The SMILES string of the molecule is CCNC(Cc1ccc(C)cc1)CC1CCCCO1. The molecule has 1 heterocycles. The molecule has 0 saturated carbocycles. The lowest BCUT2D eigenvalue weighted by Crippen LogP contribution is -2.36. The Morgan fingerprint density at radius 3 is 2.68 bits per heavy atom. The topological polar surface area (TPSA) is 21.3 Å². The quantitative estimate of drug-likeness (QED) is 0.846. The van der Waals surface area contributed by atoms with E-state index in [0.717, 1.165) is 26.0 Å². The van der Waals surface area contributed by atoms with Crippen molar-refractivity contribution in [2.75, 3.05) is 13.2 Å². The van der Waals surface area contributed by atoms with E-state index in [4.69, 9.17) is 4.74 Å². The zero-order chi connectivity index (χ0) is 13.5. The smallest absolute Gasteiger partial charge is 0.0590 e. The molecule has 2 heteroatoms. The van der Waals surface area contributed by atoms with Crippen molar-refractivity contribution >= 4 is 0 Å². The van der Waals surface area contributed by atoms with Crippen LogP contribution in [0.1, 0.15) is 43.7 Å². The van der Waals surface area contributed by atoms with Crippen LogP contribution in [0.3, 0.4) is 0 Å². The predicted octanol–water partition coefficient (Wildman–Crippen LogP) is 3.47. The molecule has 0 aromatic heterocycles. The molecule has 2 rings (SSSR count). The number of hydrogen-bond donors (Lipinski definition) is 1. The average Bonchev–Trinajstić information content (AvgIpc) is 2.43. The summed E-state index contributed by atoms with van der Waals surface area (Å²) < 4.78 is 5.87. The van der Waals surface area contributed by atoms with Crippen LogP contribution < -0.4 is 5.32 Å². The molecule has 2 unspecified atom stereocenters. The molecule has 0 aliphatic carbocycles. The van der Waals surface area contributed by atoms with E-state index in [1.807, 2.05) is 0 Å². The summed E-state index contributed by atoms with van der Waals surface area (Å²) in [5, 5.41) is 3.61. The van der Waals surface area contributed by atoms with Gasteiger partial charge in [0.1, 0.15) is 0 Å². The maximum Gasteiger partial charge on any atom is 0.0590 e. The first-order valence-electron chi connectivity index (χ1n) is 7.68. The maximum absolute atomic E-state index is 5.87. The van der Waals surface area contributed by atoms with E-state index < -0.39 is 0 Å². The van der Waals surface area contributed by atoms with E-state index >= 15 is 0 Å². The zero-order valence-electron chi connectivity index (χ0n) is 12.3. The minimum atomic E-state index is 0.461. The van der Waals surface area contributed by atoms with Gasteiger partial charge in [-0.05, 0) is 51.1 Å². The summed E-state index contributed by atoms with van der Waals surface area (Å²) in [4.78, 5) is 0. The molecule has 2 atom stereocenters. The van der Waals surface area contributed by atoms with Crippen molar-refractivity contribution in [3.05, 3.63) is 35.4 Å². The van der Waals surface area contributed by atoms with Crippen LogP contribution in [-0.2, 0) is 11.2 Å². The second-order valence-corrected chi connectivity index (χ2v) is 5.67. The number of ether oxygens (including phenoxy) is 1. The second-order valence-electron chi connectivity index (χ2n) is 5.67. The number of rotatable bonds is 6. The minimum Gasteiger partial charge on any atom is -0.378 e. The Kier molecular flexibility index (Phi) is 5.87. The minimum absolute atomic E-state index is 0.461. The number of aryl methyl sites for hydroxylation is 1. The lowest BCUT2D eigenvalue weighted by Gasteiger charge is -2.27. The lowest BCUT2D eigenvalue weighted by atomic mass is 9.96. The first-order chi connectivity index (χ1) is 9.28. The van der Waals surface area contributed by atoms with Crippen LogP contribution in [-0.4, -0.2) is 25.3 Å². The van der Waals surface area contributed by atoms with Gasteiger partial charge in [0.2, 0.25) is 0 Å². The second kappa shape index (κ2) is 7.66. The molecule has 0 spiro atoms. The van der Waals surface area contributed by atoms with E-state index in [9.17, 15) is 0 Å². The molecule has 1 aromatic rings. The summed E-state index contributed by atoms with van der Waals surface area (Å²) in [6, 6.07) is 9.45. The van der Waals surface area contributed by atoms with E-state index in [-0.39, 0.29) is 0 Å². The van der Waals surface area contributed by atoms with Crippen molar-refractivity contribution in [2.45, 2.75) is 58.1 Å². The molecule has 1 N–H and O–H groups in total. The van der Waals surface area contributed by atoms with E-state index in [1.54, 1.807) is 0 Å². The zero-order valence-corrected chi connectivity index (χ0v) is 12.3. The van der Waals surface area contributed by atoms with Crippen LogP contribution in [0.2, 0.25) is 0 Å². The molecular formula is C17H27NO. The highest BCUT2D eigenvalue weighted by atomic mass is 16.5. The molecule has 19 heavy (non-hydrogen) atoms. The standard InChI is InChI=1S/C17H27NO/c1-3-18-16(13-17-6-4-5-11-19-17)12-15-9-7-14(2)8-10-15/h7-10,16-18H,3-6,11-13H2,1-2H3. The summed E-state index contributed by atoms with van der Waals surface area (Å²) in [7, 11) is 0. The number of hydrogen-bond acceptors (Lipinski definition) is 2. The summed E-state index contributed by atoms with van der Waals surface area (Å²) in [6.45, 7) is 6.31. The highest BCUT2D eigenvalue weighted by Gasteiger charge is 2.19. The normalized spacial score (nSPS) is 21.3. The molecular weight excluding hydrogens is 234 g/mol. The van der Waals surface area contributed by atoms with Crippen LogP contribution in [0.25, 0.3) is 0 Å². The molecule has 1 aromatic carbocycles. The van der Waals surface area contributed by atoms with E-state index in [0.29, 0.717) is 12.1 Å². The summed E-state index contributed by atoms with van der Waals surface area (Å²) in [5.74, 6) is 0. The Hall–Kier alpha value is -0.860. The third-order valence-electron chi connectivity index (χ3n) is 3.92. The summed E-state index contributed by atoms with van der Waals surface area (Å²) >= 11 is 0. The van der Waals surface area contributed by atoms with E-state index in [2.05, 4.69) is 43.4 Å². The Bertz CT molecular complexity index is 354. The number of likely N-dealkylation sites (N-methyl/N-ethyl adjacent to an activating group) is 1. The highest BCUT2D eigenvalue weighted by Crippen LogP contribution is 2.19. The molecule has 106 valence electrons. The Morgan fingerprint density at radius 2 is 2.05 bits per heavy atom. The fraction of sp³-hybridized carbons (Fsp3) is 0.647. The van der Waals surface area contributed by atoms with Gasteiger partial charge in [-0.2, -0.15) is 0 Å². The summed E-state index contributed by atoms with van der Waals surface area (Å²) in [5.41, 5.74) is 2.76. The lowest BCUT2D eigenvalue weighted by molar-refractivity contribution is 0.00535. The molecule has 1 aliphatic rings. The summed E-state index contributed by atoms with van der Waals surface area (Å²) in [6.07, 6.45) is 6.50. The molecule has 1 saturated heterocycles. The van der Waals surface area contributed by atoms with Gasteiger partial charge in [-0.25, -0.2) is 0 Å². The third kappa shape index (κ3) is 4.96. The average molecular weight is 261 g/mol. The van der Waals surface area contributed by atoms with Gasteiger partial charge in [0.25, 0.3) is 0 Å². The van der Waals surface area contributed by atoms with Crippen molar-refractivity contribution in [1.29, 1.82) is 0 Å². The van der Waals surface area contributed by atoms with Gasteiger partial charge in [-0.15, -0.1) is 0 Å². The van der Waals surface area contributed by atoms with E-state index in [1.165, 1.54) is 30.4 Å². The maximum atomic E-state index is 5.87. The molecule has 1 aliphatic heterocycles. The van der Waals surface area contributed by atoms with Crippen molar-refractivity contribution in [1.82, 2.24) is 5.32 Å². The highest BCUT2D eigenvalue weighted by molar-refractivity contribution is 5.22. The third-order valence-corrected chi connectivity index (χ3v) is 3.92. The fourth-order valence-electron chi connectivity index (χ4n) is 2.85. The van der Waals surface area contributed by atoms with Crippen molar-refractivity contribution in [3.63, 3.8) is 0 Å². The van der Waals surface area contributed by atoms with Gasteiger partial charge < -0.3 is 10.1 Å². The van der Waals surface area contributed by atoms with Crippen molar-refractivity contribution in [2.24, 2.45) is 0 Å². The first kappa shape index (κ1) is 14.5. The van der Waals surface area contributed by atoms with Gasteiger partial charge in [0.15, 0.2) is 0 Å². The van der Waals surface area contributed by atoms with Crippen molar-refractivity contribution < 1.29 is 4.74 Å². The van der Waals surface area contributed by atoms with Crippen LogP contribution >= 0.6 is 0 Å². The van der Waals surface area contributed by atoms with Gasteiger partial charge in [0, 0.05) is 12.6 Å². The van der Waals surface area contributed by atoms with Crippen LogP contribution in [0.5, 0.6) is 0 Å². The van der Waals surface area contributed by atoms with Gasteiger partial charge >= 0.3 is 0 Å². The van der Waals surface area contributed by atoms with Gasteiger partial charge in [-0.3, -0.25) is 0 Å². The Labute approximate surface area is 117 Å². The monoisotopic (exact) mass is 261 g/mol. The van der Waals surface area contributed by atoms with Crippen LogP contribution in [0.4, 0.5) is 0 Å². The van der Waals surface area contributed by atoms with Crippen LogP contribution in [0.15, 0.2) is 24.3 Å². The Balaban J connectivity index is 1.89. The number of nitrogens with one attached hydrogen (secondary N) is 1. The molecule has 1 fully saturated rings. The van der Waals surface area contributed by atoms with Crippen molar-refractivity contribution in [3.8, 4) is 0 Å². The van der Waals surface area contributed by atoms with Crippen LogP contribution in [0, 0.1) is 6.92 Å². The van der Waals surface area contributed by atoms with Gasteiger partial charge in [-0.1, -0.05) is 36.8 Å². The first-order valence-corrected chi connectivity index (χ1v) is 7.68. The molecule has 2 nitrogen and oxygen atoms in total.